The summed E-state index contributed by atoms with van der Waals surface area (Å²) in [7, 11) is -1.38. The summed E-state index contributed by atoms with van der Waals surface area (Å²) in [6.45, 7) is 1.18. The molecule has 2 amide bonds. The highest BCUT2D eigenvalue weighted by molar-refractivity contribution is 7.92. The summed E-state index contributed by atoms with van der Waals surface area (Å²) < 4.78 is 39.8. The maximum Gasteiger partial charge on any atom is 0.264 e. The van der Waals surface area contributed by atoms with Gasteiger partial charge in [0, 0.05) is 23.7 Å². The van der Waals surface area contributed by atoms with E-state index in [4.69, 9.17) is 21.1 Å². The number of rotatable bonds is 12. The molecule has 0 heterocycles. The molecule has 224 valence electrons. The van der Waals surface area contributed by atoms with Gasteiger partial charge in [-0.2, -0.15) is 0 Å². The molecule has 9 nitrogen and oxygen atoms in total. The highest BCUT2D eigenvalue weighted by Gasteiger charge is 2.33. The third-order valence-electron chi connectivity index (χ3n) is 7.38. The number of nitrogens with zero attached hydrogens (tertiary/aromatic N) is 2. The topological polar surface area (TPSA) is 105 Å². The van der Waals surface area contributed by atoms with Gasteiger partial charge in [0.1, 0.15) is 12.6 Å². The first-order valence-electron chi connectivity index (χ1n) is 13.8. The van der Waals surface area contributed by atoms with Crippen molar-refractivity contribution < 1.29 is 27.5 Å². The largest absolute Gasteiger partial charge is 0.493 e. The van der Waals surface area contributed by atoms with Crippen molar-refractivity contribution in [2.75, 3.05) is 25.1 Å². The molecule has 0 aromatic heterocycles. The van der Waals surface area contributed by atoms with E-state index in [1.165, 1.54) is 37.3 Å². The minimum Gasteiger partial charge on any atom is -0.493 e. The van der Waals surface area contributed by atoms with Crippen molar-refractivity contribution in [1.82, 2.24) is 10.2 Å². The van der Waals surface area contributed by atoms with E-state index in [-0.39, 0.29) is 29.1 Å². The Kier molecular flexibility index (Phi) is 10.3. The molecule has 1 atom stereocenters. The van der Waals surface area contributed by atoms with Gasteiger partial charge in [-0.05, 0) is 61.7 Å². The molecule has 3 aromatic rings. The first-order valence-corrected chi connectivity index (χ1v) is 15.6. The van der Waals surface area contributed by atoms with Crippen molar-refractivity contribution in [3.8, 4) is 11.5 Å². The second-order valence-corrected chi connectivity index (χ2v) is 12.5. The summed E-state index contributed by atoms with van der Waals surface area (Å²) in [5.41, 5.74) is 1.01. The summed E-state index contributed by atoms with van der Waals surface area (Å²) in [4.78, 5) is 28.7. The average molecular weight is 614 g/mol. The molecular formula is C31H36ClN3O6S. The van der Waals surface area contributed by atoms with Gasteiger partial charge in [0.2, 0.25) is 11.8 Å². The molecule has 1 fully saturated rings. The van der Waals surface area contributed by atoms with Gasteiger partial charge in [0.25, 0.3) is 10.0 Å². The maximum absolute atomic E-state index is 14.1. The minimum absolute atomic E-state index is 0.0642. The molecule has 0 bridgehead atoms. The Morgan fingerprint density at radius 3 is 2.29 bits per heavy atom. The minimum atomic E-state index is -4.26. The van der Waals surface area contributed by atoms with Crippen LogP contribution in [0.1, 0.15) is 38.2 Å². The maximum atomic E-state index is 14.1. The Morgan fingerprint density at radius 2 is 1.64 bits per heavy atom. The lowest BCUT2D eigenvalue weighted by Gasteiger charge is -2.32. The van der Waals surface area contributed by atoms with Gasteiger partial charge in [-0.3, -0.25) is 13.9 Å². The van der Waals surface area contributed by atoms with E-state index in [0.717, 1.165) is 30.0 Å². The smallest absolute Gasteiger partial charge is 0.264 e. The van der Waals surface area contributed by atoms with Gasteiger partial charge in [0.05, 0.1) is 24.8 Å². The van der Waals surface area contributed by atoms with Crippen molar-refractivity contribution in [2.24, 2.45) is 0 Å². The van der Waals surface area contributed by atoms with E-state index in [1.54, 1.807) is 55.5 Å². The van der Waals surface area contributed by atoms with Gasteiger partial charge in [-0.1, -0.05) is 54.8 Å². The number of ether oxygens (including phenoxy) is 2. The van der Waals surface area contributed by atoms with Crippen LogP contribution >= 0.6 is 11.6 Å². The van der Waals surface area contributed by atoms with E-state index in [0.29, 0.717) is 22.0 Å². The lowest BCUT2D eigenvalue weighted by atomic mass is 10.1. The SMILES string of the molecule is COc1ccc(S(=O)(=O)N(CC(=O)N(Cc2cccc(Cl)c2)[C@H](C)C(=O)NC2CCCC2)c2ccccc2)cc1OC. The Morgan fingerprint density at radius 1 is 0.952 bits per heavy atom. The van der Waals surface area contributed by atoms with Crippen molar-refractivity contribution in [2.45, 2.75) is 56.1 Å². The van der Waals surface area contributed by atoms with Gasteiger partial charge >= 0.3 is 0 Å². The number of methoxy groups -OCH3 is 2. The van der Waals surface area contributed by atoms with Crippen LogP contribution in [0.3, 0.4) is 0 Å². The Bertz CT molecular complexity index is 1500. The summed E-state index contributed by atoms with van der Waals surface area (Å²) in [5, 5.41) is 3.55. The van der Waals surface area contributed by atoms with Crippen molar-refractivity contribution in [3.63, 3.8) is 0 Å². The number of carbonyl (C=O) groups is 2. The quantitative estimate of drug-likeness (QED) is 0.307. The van der Waals surface area contributed by atoms with Crippen molar-refractivity contribution in [1.29, 1.82) is 0 Å². The third-order valence-corrected chi connectivity index (χ3v) is 9.38. The van der Waals surface area contributed by atoms with Crippen molar-refractivity contribution >= 4 is 39.1 Å². The fourth-order valence-corrected chi connectivity index (χ4v) is 6.68. The van der Waals surface area contributed by atoms with Crippen LogP contribution < -0.4 is 19.1 Å². The Hall–Kier alpha value is -3.76. The normalized spacial score (nSPS) is 14.2. The Labute approximate surface area is 252 Å². The summed E-state index contributed by atoms with van der Waals surface area (Å²) in [5.74, 6) is -0.227. The molecule has 4 rings (SSSR count). The Balaban J connectivity index is 1.69. The molecule has 42 heavy (non-hydrogen) atoms. The van der Waals surface area contributed by atoms with Crippen molar-refractivity contribution in [3.05, 3.63) is 83.4 Å². The molecule has 3 aromatic carbocycles. The van der Waals surface area contributed by atoms with Gasteiger partial charge < -0.3 is 19.7 Å². The third kappa shape index (κ3) is 7.35. The second-order valence-electron chi connectivity index (χ2n) is 10.2. The molecule has 0 spiro atoms. The van der Waals surface area contributed by atoms with Crippen LogP contribution in [-0.2, 0) is 26.2 Å². The standard InChI is InChI=1S/C31H36ClN3O6S/c1-22(31(37)33-25-12-7-8-13-25)34(20-23-10-9-11-24(32)18-23)30(36)21-35(26-14-5-4-6-15-26)42(38,39)27-16-17-28(40-2)29(19-27)41-3/h4-6,9-11,14-19,22,25H,7-8,12-13,20-21H2,1-3H3,(H,33,37)/t22-/m1/s1. The zero-order valence-electron chi connectivity index (χ0n) is 24.0. The fraction of sp³-hybridized carbons (Fsp3) is 0.355. The van der Waals surface area contributed by atoms with E-state index < -0.39 is 28.5 Å². The first kappa shape index (κ1) is 31.2. The number of halogens is 1. The highest BCUT2D eigenvalue weighted by atomic mass is 35.5. The van der Waals surface area contributed by atoms with Crippen LogP contribution in [0.2, 0.25) is 5.02 Å². The monoisotopic (exact) mass is 613 g/mol. The van der Waals surface area contributed by atoms with E-state index >= 15 is 0 Å². The predicted octanol–water partition coefficient (Wildman–Crippen LogP) is 5.03. The number of benzene rings is 3. The zero-order valence-corrected chi connectivity index (χ0v) is 25.5. The van der Waals surface area contributed by atoms with Gasteiger partial charge in [-0.15, -0.1) is 0 Å². The number of amides is 2. The summed E-state index contributed by atoms with van der Waals surface area (Å²) in [6, 6.07) is 18.8. The number of anilines is 1. The lowest BCUT2D eigenvalue weighted by molar-refractivity contribution is -0.139. The molecule has 0 radical (unpaired) electrons. The molecular weight excluding hydrogens is 578 g/mol. The van der Waals surface area contributed by atoms with Gasteiger partial charge in [-0.25, -0.2) is 8.42 Å². The molecule has 0 aliphatic heterocycles. The molecule has 0 saturated heterocycles. The fourth-order valence-electron chi connectivity index (χ4n) is 5.03. The number of hydrogen-bond acceptors (Lipinski definition) is 6. The molecule has 11 heteroatoms. The number of nitrogens with one attached hydrogen (secondary N) is 1. The van der Waals surface area contributed by atoms with E-state index in [2.05, 4.69) is 5.32 Å². The molecule has 1 aliphatic rings. The number of carbonyl (C=O) groups excluding carboxylic acids is 2. The second kappa shape index (κ2) is 13.9. The molecule has 0 unspecified atom stereocenters. The van der Waals surface area contributed by atoms with E-state index in [9.17, 15) is 18.0 Å². The molecule has 1 saturated carbocycles. The number of sulfonamides is 1. The highest BCUT2D eigenvalue weighted by Crippen LogP contribution is 2.32. The molecule has 1 N–H and O–H groups in total. The molecule has 1 aliphatic carbocycles. The number of para-hydroxylation sites is 1. The average Bonchev–Trinajstić information content (AvgIpc) is 3.51. The lowest BCUT2D eigenvalue weighted by Crippen LogP contribution is -2.52. The van der Waals surface area contributed by atoms with Crippen LogP contribution in [0.4, 0.5) is 5.69 Å². The van der Waals surface area contributed by atoms with Crippen LogP contribution in [0.25, 0.3) is 0 Å². The van der Waals surface area contributed by atoms with Gasteiger partial charge in [0.15, 0.2) is 11.5 Å². The first-order chi connectivity index (χ1) is 20.1. The zero-order chi connectivity index (χ0) is 30.3. The van der Waals surface area contributed by atoms with Crippen LogP contribution in [0.5, 0.6) is 11.5 Å². The van der Waals surface area contributed by atoms with Crippen LogP contribution in [0.15, 0.2) is 77.7 Å². The summed E-state index contributed by atoms with van der Waals surface area (Å²) >= 11 is 6.21. The van der Waals surface area contributed by atoms with E-state index in [1.807, 2.05) is 6.07 Å². The predicted molar refractivity (Wildman–Crippen MR) is 162 cm³/mol. The summed E-state index contributed by atoms with van der Waals surface area (Å²) in [6.07, 6.45) is 3.88. The number of hydrogen-bond donors (Lipinski definition) is 1. The van der Waals surface area contributed by atoms with Crippen LogP contribution in [0, 0.1) is 0 Å². The van der Waals surface area contributed by atoms with Crippen LogP contribution in [-0.4, -0.2) is 58.0 Å².